The number of hydrogen-bond acceptors (Lipinski definition) is 2. The van der Waals surface area contributed by atoms with Crippen LogP contribution in [0.2, 0.25) is 10.0 Å². The third kappa shape index (κ3) is 3.17. The average Bonchev–Trinajstić information content (AvgIpc) is 3.08. The molecule has 0 aliphatic heterocycles. The van der Waals surface area contributed by atoms with E-state index in [0.29, 0.717) is 27.1 Å². The Labute approximate surface area is 159 Å². The molecule has 3 aromatic carbocycles. The fourth-order valence-electron chi connectivity index (χ4n) is 2.74. The number of imidazole rings is 1. The van der Waals surface area contributed by atoms with E-state index in [9.17, 15) is 4.79 Å². The van der Waals surface area contributed by atoms with Gasteiger partial charge in [0.2, 0.25) is 0 Å². The predicted molar refractivity (Wildman–Crippen MR) is 106 cm³/mol. The van der Waals surface area contributed by atoms with E-state index < -0.39 is 0 Å². The summed E-state index contributed by atoms with van der Waals surface area (Å²) in [6, 6.07) is 20.0. The van der Waals surface area contributed by atoms with Crippen LogP contribution in [0.15, 0.2) is 66.7 Å². The molecule has 1 heterocycles. The SMILES string of the molecule is O=C(Nc1ccccc1-c1nc2ccccc2[nH]1)c1cc(Cl)ccc1Cl. The molecule has 0 spiro atoms. The number of halogens is 2. The summed E-state index contributed by atoms with van der Waals surface area (Å²) in [6.45, 7) is 0. The Hall–Kier alpha value is -2.82. The fraction of sp³-hybridized carbons (Fsp3) is 0. The van der Waals surface area contributed by atoms with Crippen LogP contribution >= 0.6 is 23.2 Å². The monoisotopic (exact) mass is 381 g/mol. The number of carbonyl (C=O) groups is 1. The zero-order chi connectivity index (χ0) is 18.1. The first-order valence-electron chi connectivity index (χ1n) is 7.92. The van der Waals surface area contributed by atoms with Crippen LogP contribution in [0.1, 0.15) is 10.4 Å². The van der Waals surface area contributed by atoms with Crippen LogP contribution in [0.4, 0.5) is 5.69 Å². The molecule has 0 unspecified atom stereocenters. The average molecular weight is 382 g/mol. The number of nitrogens with one attached hydrogen (secondary N) is 2. The maximum atomic E-state index is 12.7. The van der Waals surface area contributed by atoms with Crippen molar-refractivity contribution in [1.82, 2.24) is 9.97 Å². The zero-order valence-electron chi connectivity index (χ0n) is 13.5. The number of H-pyrrole nitrogens is 1. The van der Waals surface area contributed by atoms with Gasteiger partial charge in [0.25, 0.3) is 5.91 Å². The molecule has 2 N–H and O–H groups in total. The molecular weight excluding hydrogens is 369 g/mol. The second-order valence-electron chi connectivity index (χ2n) is 5.73. The minimum atomic E-state index is -0.332. The van der Waals surface area contributed by atoms with Gasteiger partial charge in [-0.2, -0.15) is 0 Å². The number of benzene rings is 3. The first kappa shape index (κ1) is 16.6. The molecule has 0 saturated carbocycles. The summed E-state index contributed by atoms with van der Waals surface area (Å²) in [5, 5.41) is 3.69. The van der Waals surface area contributed by atoms with Crippen molar-refractivity contribution in [3.05, 3.63) is 82.3 Å². The lowest BCUT2D eigenvalue weighted by atomic mass is 10.1. The molecule has 0 aliphatic carbocycles. The lowest BCUT2D eigenvalue weighted by Crippen LogP contribution is -2.13. The standard InChI is InChI=1S/C20H13Cl2N3O/c21-12-9-10-15(22)14(11-12)20(26)25-16-6-2-1-5-13(16)19-23-17-7-3-4-8-18(17)24-19/h1-11H,(H,23,24)(H,25,26). The summed E-state index contributed by atoms with van der Waals surface area (Å²) < 4.78 is 0. The molecule has 4 aromatic rings. The Kier molecular flexibility index (Phi) is 4.37. The van der Waals surface area contributed by atoms with Crippen LogP contribution in [-0.4, -0.2) is 15.9 Å². The number of anilines is 1. The molecule has 0 atom stereocenters. The quantitative estimate of drug-likeness (QED) is 0.471. The number of hydrogen-bond donors (Lipinski definition) is 2. The predicted octanol–water partition coefficient (Wildman–Crippen LogP) is 5.79. The zero-order valence-corrected chi connectivity index (χ0v) is 15.0. The van der Waals surface area contributed by atoms with Gasteiger partial charge in [0.05, 0.1) is 27.3 Å². The Balaban J connectivity index is 1.72. The smallest absolute Gasteiger partial charge is 0.257 e. The first-order valence-corrected chi connectivity index (χ1v) is 8.68. The summed E-state index contributed by atoms with van der Waals surface area (Å²) in [6.07, 6.45) is 0. The van der Waals surface area contributed by atoms with Gasteiger partial charge in [-0.1, -0.05) is 47.5 Å². The van der Waals surface area contributed by atoms with E-state index in [4.69, 9.17) is 23.2 Å². The molecule has 0 aliphatic rings. The van der Waals surface area contributed by atoms with Crippen LogP contribution in [0, 0.1) is 0 Å². The van der Waals surface area contributed by atoms with Gasteiger partial charge in [0.1, 0.15) is 5.82 Å². The highest BCUT2D eigenvalue weighted by Gasteiger charge is 2.15. The molecule has 4 rings (SSSR count). The lowest BCUT2D eigenvalue weighted by molar-refractivity contribution is 0.102. The van der Waals surface area contributed by atoms with E-state index in [-0.39, 0.29) is 5.91 Å². The van der Waals surface area contributed by atoms with Crippen molar-refractivity contribution < 1.29 is 4.79 Å². The molecular formula is C20H13Cl2N3O. The van der Waals surface area contributed by atoms with Crippen LogP contribution < -0.4 is 5.32 Å². The van der Waals surface area contributed by atoms with E-state index in [1.165, 1.54) is 0 Å². The highest BCUT2D eigenvalue weighted by molar-refractivity contribution is 6.36. The normalized spacial score (nSPS) is 10.8. The van der Waals surface area contributed by atoms with E-state index in [1.807, 2.05) is 48.5 Å². The summed E-state index contributed by atoms with van der Waals surface area (Å²) in [5.74, 6) is 0.348. The number of carbonyl (C=O) groups excluding carboxylic acids is 1. The summed E-state index contributed by atoms with van der Waals surface area (Å²) in [7, 11) is 0. The van der Waals surface area contributed by atoms with Crippen LogP contribution in [0.3, 0.4) is 0 Å². The van der Waals surface area contributed by atoms with Crippen LogP contribution in [0.5, 0.6) is 0 Å². The van der Waals surface area contributed by atoms with E-state index in [2.05, 4.69) is 15.3 Å². The van der Waals surface area contributed by atoms with Gasteiger partial charge in [-0.25, -0.2) is 4.98 Å². The van der Waals surface area contributed by atoms with Crippen molar-refractivity contribution in [2.45, 2.75) is 0 Å². The molecule has 1 aromatic heterocycles. The highest BCUT2D eigenvalue weighted by atomic mass is 35.5. The number of para-hydroxylation sites is 3. The molecule has 0 radical (unpaired) electrons. The number of aromatic nitrogens is 2. The van der Waals surface area contributed by atoms with Crippen molar-refractivity contribution in [3.63, 3.8) is 0 Å². The number of fused-ring (bicyclic) bond motifs is 1. The Morgan fingerprint density at radius 2 is 1.73 bits per heavy atom. The Morgan fingerprint density at radius 3 is 2.58 bits per heavy atom. The van der Waals surface area contributed by atoms with Crippen molar-refractivity contribution in [1.29, 1.82) is 0 Å². The largest absolute Gasteiger partial charge is 0.338 e. The fourth-order valence-corrected chi connectivity index (χ4v) is 3.12. The highest BCUT2D eigenvalue weighted by Crippen LogP contribution is 2.29. The maximum Gasteiger partial charge on any atom is 0.257 e. The van der Waals surface area contributed by atoms with Gasteiger partial charge in [-0.3, -0.25) is 4.79 Å². The minimum Gasteiger partial charge on any atom is -0.338 e. The molecule has 0 fully saturated rings. The van der Waals surface area contributed by atoms with Gasteiger partial charge < -0.3 is 10.3 Å². The molecule has 4 nitrogen and oxygen atoms in total. The van der Waals surface area contributed by atoms with E-state index in [1.54, 1.807) is 18.2 Å². The van der Waals surface area contributed by atoms with E-state index in [0.717, 1.165) is 16.6 Å². The van der Waals surface area contributed by atoms with Crippen molar-refractivity contribution in [3.8, 4) is 11.4 Å². The Bertz CT molecular complexity index is 1090. The third-order valence-corrected chi connectivity index (χ3v) is 4.56. The first-order chi connectivity index (χ1) is 12.6. The van der Waals surface area contributed by atoms with Gasteiger partial charge in [0, 0.05) is 10.6 Å². The minimum absolute atomic E-state index is 0.318. The lowest BCUT2D eigenvalue weighted by Gasteiger charge is -2.10. The number of rotatable bonds is 3. The number of aromatic amines is 1. The van der Waals surface area contributed by atoms with Crippen LogP contribution in [-0.2, 0) is 0 Å². The van der Waals surface area contributed by atoms with Gasteiger partial charge in [-0.15, -0.1) is 0 Å². The summed E-state index contributed by atoms with van der Waals surface area (Å²) in [5.41, 5.74) is 3.53. The summed E-state index contributed by atoms with van der Waals surface area (Å²) >= 11 is 12.1. The third-order valence-electron chi connectivity index (χ3n) is 3.99. The molecule has 6 heteroatoms. The van der Waals surface area contributed by atoms with Gasteiger partial charge >= 0.3 is 0 Å². The van der Waals surface area contributed by atoms with E-state index >= 15 is 0 Å². The molecule has 0 saturated heterocycles. The van der Waals surface area contributed by atoms with Crippen molar-refractivity contribution >= 4 is 45.8 Å². The maximum absolute atomic E-state index is 12.7. The number of amides is 1. The Morgan fingerprint density at radius 1 is 0.962 bits per heavy atom. The van der Waals surface area contributed by atoms with Crippen LogP contribution in [0.25, 0.3) is 22.4 Å². The molecule has 1 amide bonds. The molecule has 26 heavy (non-hydrogen) atoms. The van der Waals surface area contributed by atoms with Gasteiger partial charge in [-0.05, 0) is 42.5 Å². The second kappa shape index (κ2) is 6.83. The second-order valence-corrected chi connectivity index (χ2v) is 6.57. The van der Waals surface area contributed by atoms with Gasteiger partial charge in [0.15, 0.2) is 0 Å². The van der Waals surface area contributed by atoms with Crippen molar-refractivity contribution in [2.24, 2.45) is 0 Å². The summed E-state index contributed by atoms with van der Waals surface area (Å²) in [4.78, 5) is 20.5. The molecule has 128 valence electrons. The topological polar surface area (TPSA) is 57.8 Å². The van der Waals surface area contributed by atoms with Crippen molar-refractivity contribution in [2.75, 3.05) is 5.32 Å². The molecule has 0 bridgehead atoms. The number of nitrogens with zero attached hydrogens (tertiary/aromatic N) is 1.